The minimum atomic E-state index is -0.154. The highest BCUT2D eigenvalue weighted by Crippen LogP contribution is 2.30. The zero-order valence-corrected chi connectivity index (χ0v) is 11.7. The Hall–Kier alpha value is -1.88. The van der Waals surface area contributed by atoms with Crippen molar-refractivity contribution in [2.24, 2.45) is 5.92 Å². The Morgan fingerprint density at radius 2 is 2.10 bits per heavy atom. The summed E-state index contributed by atoms with van der Waals surface area (Å²) in [5.41, 5.74) is 1.30. The van der Waals surface area contributed by atoms with Gasteiger partial charge in [0.25, 0.3) is 5.56 Å². The largest absolute Gasteiger partial charge is 0.375 e. The SMILES string of the molecule is O=c1c(NCc2ccncc2)c(Cl)cnn1CC1CC1. The van der Waals surface area contributed by atoms with Gasteiger partial charge in [0.2, 0.25) is 0 Å². The molecule has 1 fully saturated rings. The molecule has 0 aliphatic heterocycles. The molecule has 0 radical (unpaired) electrons. The number of pyridine rings is 1. The molecular weight excluding hydrogens is 276 g/mol. The predicted octanol–water partition coefficient (Wildman–Crippen LogP) is 2.31. The van der Waals surface area contributed by atoms with Crippen molar-refractivity contribution in [2.75, 3.05) is 5.32 Å². The van der Waals surface area contributed by atoms with Crippen molar-refractivity contribution in [1.29, 1.82) is 0 Å². The summed E-state index contributed by atoms with van der Waals surface area (Å²) in [4.78, 5) is 16.3. The van der Waals surface area contributed by atoms with Gasteiger partial charge in [-0.05, 0) is 36.5 Å². The van der Waals surface area contributed by atoms with Crippen LogP contribution in [-0.4, -0.2) is 14.8 Å². The first-order chi connectivity index (χ1) is 9.74. The van der Waals surface area contributed by atoms with Crippen LogP contribution in [0.5, 0.6) is 0 Å². The van der Waals surface area contributed by atoms with Gasteiger partial charge in [-0.1, -0.05) is 11.6 Å². The van der Waals surface area contributed by atoms with Gasteiger partial charge in [-0.25, -0.2) is 4.68 Å². The van der Waals surface area contributed by atoms with Crippen LogP contribution in [0.1, 0.15) is 18.4 Å². The smallest absolute Gasteiger partial charge is 0.291 e. The molecule has 0 atom stereocenters. The Bertz CT molecular complexity index is 652. The lowest BCUT2D eigenvalue weighted by atomic mass is 10.2. The van der Waals surface area contributed by atoms with Crippen LogP contribution < -0.4 is 10.9 Å². The maximum atomic E-state index is 12.3. The van der Waals surface area contributed by atoms with Crippen molar-refractivity contribution in [3.8, 4) is 0 Å². The van der Waals surface area contributed by atoms with E-state index in [2.05, 4.69) is 15.4 Å². The molecule has 2 aromatic rings. The van der Waals surface area contributed by atoms with Crippen molar-refractivity contribution >= 4 is 17.3 Å². The van der Waals surface area contributed by atoms with E-state index in [1.165, 1.54) is 23.7 Å². The Morgan fingerprint density at radius 3 is 2.80 bits per heavy atom. The van der Waals surface area contributed by atoms with Crippen LogP contribution in [0.15, 0.2) is 35.5 Å². The average Bonchev–Trinajstić information content (AvgIpc) is 3.27. The predicted molar refractivity (Wildman–Crippen MR) is 77.8 cm³/mol. The third kappa shape index (κ3) is 2.99. The molecule has 2 heterocycles. The Balaban J connectivity index is 1.79. The topological polar surface area (TPSA) is 59.8 Å². The number of anilines is 1. The van der Waals surface area contributed by atoms with Crippen LogP contribution in [0.4, 0.5) is 5.69 Å². The van der Waals surface area contributed by atoms with E-state index < -0.39 is 0 Å². The van der Waals surface area contributed by atoms with Crippen LogP contribution in [0.3, 0.4) is 0 Å². The molecule has 3 rings (SSSR count). The standard InChI is InChI=1S/C14H15ClN4O/c15-12-8-18-19(9-11-1-2-11)14(20)13(12)17-7-10-3-5-16-6-4-10/h3-6,8,11,17H,1-2,7,9H2. The maximum absolute atomic E-state index is 12.3. The summed E-state index contributed by atoms with van der Waals surface area (Å²) in [6.07, 6.45) is 7.32. The summed E-state index contributed by atoms with van der Waals surface area (Å²) in [6, 6.07) is 3.79. The van der Waals surface area contributed by atoms with Crippen LogP contribution in [0.2, 0.25) is 5.02 Å². The average molecular weight is 291 g/mol. The number of nitrogens with one attached hydrogen (secondary N) is 1. The summed E-state index contributed by atoms with van der Waals surface area (Å²) < 4.78 is 1.50. The van der Waals surface area contributed by atoms with Crippen LogP contribution in [0.25, 0.3) is 0 Å². The number of hydrogen-bond acceptors (Lipinski definition) is 4. The molecule has 0 bridgehead atoms. The van der Waals surface area contributed by atoms with Crippen molar-refractivity contribution in [2.45, 2.75) is 25.9 Å². The third-order valence-electron chi connectivity index (χ3n) is 3.34. The summed E-state index contributed by atoms with van der Waals surface area (Å²) in [5.74, 6) is 0.592. The van der Waals surface area contributed by atoms with Gasteiger partial charge in [0, 0.05) is 25.5 Å². The quantitative estimate of drug-likeness (QED) is 0.918. The van der Waals surface area contributed by atoms with Crippen molar-refractivity contribution < 1.29 is 0 Å². The highest BCUT2D eigenvalue weighted by atomic mass is 35.5. The molecule has 0 unspecified atom stereocenters. The lowest BCUT2D eigenvalue weighted by Gasteiger charge is -2.10. The fourth-order valence-corrected chi connectivity index (χ4v) is 2.19. The second kappa shape index (κ2) is 5.63. The molecule has 20 heavy (non-hydrogen) atoms. The number of aromatic nitrogens is 3. The van der Waals surface area contributed by atoms with E-state index in [9.17, 15) is 4.79 Å². The summed E-state index contributed by atoms with van der Waals surface area (Å²) in [7, 11) is 0. The molecule has 104 valence electrons. The Morgan fingerprint density at radius 1 is 1.35 bits per heavy atom. The second-order valence-electron chi connectivity index (χ2n) is 5.01. The molecule has 0 amide bonds. The van der Waals surface area contributed by atoms with Crippen molar-refractivity contribution in [3.63, 3.8) is 0 Å². The van der Waals surface area contributed by atoms with Gasteiger partial charge in [0.1, 0.15) is 5.69 Å². The molecule has 0 saturated heterocycles. The van der Waals surface area contributed by atoms with Gasteiger partial charge < -0.3 is 5.32 Å². The summed E-state index contributed by atoms with van der Waals surface area (Å²) in [5, 5.41) is 7.55. The number of halogens is 1. The molecule has 1 saturated carbocycles. The molecule has 0 spiro atoms. The highest BCUT2D eigenvalue weighted by molar-refractivity contribution is 6.32. The summed E-state index contributed by atoms with van der Waals surface area (Å²) in [6.45, 7) is 1.21. The second-order valence-corrected chi connectivity index (χ2v) is 5.41. The van der Waals surface area contributed by atoms with E-state index in [-0.39, 0.29) is 5.56 Å². The van der Waals surface area contributed by atoms with Gasteiger partial charge in [-0.2, -0.15) is 5.10 Å². The molecule has 1 aliphatic carbocycles. The minimum absolute atomic E-state index is 0.154. The van der Waals surface area contributed by atoms with E-state index in [1.54, 1.807) is 12.4 Å². The zero-order valence-electron chi connectivity index (χ0n) is 10.9. The monoisotopic (exact) mass is 290 g/mol. The van der Waals surface area contributed by atoms with Gasteiger partial charge in [-0.3, -0.25) is 9.78 Å². The number of hydrogen-bond donors (Lipinski definition) is 1. The molecular formula is C14H15ClN4O. The van der Waals surface area contributed by atoms with E-state index in [4.69, 9.17) is 11.6 Å². The van der Waals surface area contributed by atoms with Crippen LogP contribution in [-0.2, 0) is 13.1 Å². The number of nitrogens with zero attached hydrogens (tertiary/aromatic N) is 3. The summed E-state index contributed by atoms with van der Waals surface area (Å²) >= 11 is 6.07. The van der Waals surface area contributed by atoms with Crippen molar-refractivity contribution in [3.05, 3.63) is 51.7 Å². The van der Waals surface area contributed by atoms with Gasteiger partial charge >= 0.3 is 0 Å². The lowest BCUT2D eigenvalue weighted by Crippen LogP contribution is -2.26. The first-order valence-electron chi connectivity index (χ1n) is 6.62. The van der Waals surface area contributed by atoms with Crippen molar-refractivity contribution in [1.82, 2.24) is 14.8 Å². The van der Waals surface area contributed by atoms with Gasteiger partial charge in [0.15, 0.2) is 0 Å². The molecule has 1 aliphatic rings. The molecule has 1 N–H and O–H groups in total. The van der Waals surface area contributed by atoms with E-state index in [0.717, 1.165) is 5.56 Å². The number of rotatable bonds is 5. The normalized spacial score (nSPS) is 14.2. The zero-order chi connectivity index (χ0) is 13.9. The maximum Gasteiger partial charge on any atom is 0.291 e. The van der Waals surface area contributed by atoms with E-state index in [0.29, 0.717) is 29.7 Å². The first-order valence-corrected chi connectivity index (χ1v) is 7.00. The highest BCUT2D eigenvalue weighted by Gasteiger charge is 2.23. The molecule has 6 heteroatoms. The molecule has 2 aromatic heterocycles. The lowest BCUT2D eigenvalue weighted by molar-refractivity contribution is 0.534. The van der Waals surface area contributed by atoms with E-state index >= 15 is 0 Å². The molecule has 0 aromatic carbocycles. The molecule has 5 nitrogen and oxygen atoms in total. The first kappa shape index (κ1) is 13.1. The Labute approximate surface area is 121 Å². The third-order valence-corrected chi connectivity index (χ3v) is 3.63. The van der Waals surface area contributed by atoms with Gasteiger partial charge in [-0.15, -0.1) is 0 Å². The van der Waals surface area contributed by atoms with E-state index in [1.807, 2.05) is 12.1 Å². The Kier molecular flexibility index (Phi) is 3.69. The minimum Gasteiger partial charge on any atom is -0.375 e. The van der Waals surface area contributed by atoms with Gasteiger partial charge in [0.05, 0.1) is 11.2 Å². The fourth-order valence-electron chi connectivity index (χ4n) is 1.99. The fraction of sp³-hybridized carbons (Fsp3) is 0.357. The van der Waals surface area contributed by atoms with Crippen LogP contribution >= 0.6 is 11.6 Å². The van der Waals surface area contributed by atoms with Crippen LogP contribution in [0, 0.1) is 5.92 Å².